The number of hydrogen-bond acceptors (Lipinski definition) is 3. The number of rotatable bonds is 3. The van der Waals surface area contributed by atoms with Gasteiger partial charge in [0.05, 0.1) is 0 Å². The fourth-order valence-electron chi connectivity index (χ4n) is 2.47. The summed E-state index contributed by atoms with van der Waals surface area (Å²) in [5.74, 6) is 2.85. The van der Waals surface area contributed by atoms with E-state index in [2.05, 4.69) is 40.9 Å². The van der Waals surface area contributed by atoms with Crippen molar-refractivity contribution in [2.75, 3.05) is 13.1 Å². The second-order valence-corrected chi connectivity index (χ2v) is 4.76. The molecule has 1 aromatic heterocycles. The van der Waals surface area contributed by atoms with Gasteiger partial charge in [-0.1, -0.05) is 6.92 Å². The molecule has 1 N–H and O–H groups in total. The van der Waals surface area contributed by atoms with E-state index in [-0.39, 0.29) is 0 Å². The van der Waals surface area contributed by atoms with Crippen molar-refractivity contribution in [3.8, 4) is 0 Å². The number of hydrogen-bond donors (Lipinski definition) is 1. The van der Waals surface area contributed by atoms with Crippen molar-refractivity contribution < 1.29 is 0 Å². The summed E-state index contributed by atoms with van der Waals surface area (Å²) in [6.07, 6.45) is 3.51. The van der Waals surface area contributed by atoms with Gasteiger partial charge < -0.3 is 9.88 Å². The summed E-state index contributed by atoms with van der Waals surface area (Å²) in [5.41, 5.74) is 0. The minimum absolute atomic E-state index is 0.514. The van der Waals surface area contributed by atoms with Crippen LogP contribution in [0.5, 0.6) is 0 Å². The Morgan fingerprint density at radius 2 is 2.06 bits per heavy atom. The zero-order chi connectivity index (χ0) is 11.5. The molecule has 0 radical (unpaired) electrons. The van der Waals surface area contributed by atoms with Gasteiger partial charge in [-0.15, -0.1) is 10.2 Å². The van der Waals surface area contributed by atoms with Crippen LogP contribution in [0.4, 0.5) is 0 Å². The third-order valence-electron chi connectivity index (χ3n) is 3.63. The standard InChI is InChI=1S/C12H22N4/c1-4-9(2)16-10(3)14-15-12(16)11-5-7-13-8-6-11/h9,11,13H,4-8H2,1-3H3. The van der Waals surface area contributed by atoms with Crippen molar-refractivity contribution in [1.82, 2.24) is 20.1 Å². The fourth-order valence-corrected chi connectivity index (χ4v) is 2.47. The SMILES string of the molecule is CCC(C)n1c(C)nnc1C1CCNCC1. The molecule has 16 heavy (non-hydrogen) atoms. The molecule has 1 aliphatic rings. The van der Waals surface area contributed by atoms with E-state index in [1.54, 1.807) is 0 Å². The van der Waals surface area contributed by atoms with Gasteiger partial charge in [-0.2, -0.15) is 0 Å². The van der Waals surface area contributed by atoms with Crippen LogP contribution in [0.1, 0.15) is 56.7 Å². The highest BCUT2D eigenvalue weighted by Gasteiger charge is 2.23. The van der Waals surface area contributed by atoms with Crippen molar-refractivity contribution in [2.24, 2.45) is 0 Å². The third-order valence-corrected chi connectivity index (χ3v) is 3.63. The molecular formula is C12H22N4. The number of piperidine rings is 1. The molecule has 0 amide bonds. The highest BCUT2D eigenvalue weighted by atomic mass is 15.3. The van der Waals surface area contributed by atoms with Gasteiger partial charge in [-0.3, -0.25) is 0 Å². The lowest BCUT2D eigenvalue weighted by Crippen LogP contribution is -2.28. The normalized spacial score (nSPS) is 19.9. The lowest BCUT2D eigenvalue weighted by atomic mass is 9.97. The first-order valence-corrected chi connectivity index (χ1v) is 6.36. The van der Waals surface area contributed by atoms with Crippen LogP contribution in [-0.2, 0) is 0 Å². The van der Waals surface area contributed by atoms with Gasteiger partial charge in [-0.05, 0) is 46.2 Å². The van der Waals surface area contributed by atoms with Crippen molar-refractivity contribution in [3.63, 3.8) is 0 Å². The zero-order valence-electron chi connectivity index (χ0n) is 10.5. The summed E-state index contributed by atoms with van der Waals surface area (Å²) < 4.78 is 2.33. The maximum Gasteiger partial charge on any atom is 0.136 e. The van der Waals surface area contributed by atoms with Gasteiger partial charge in [-0.25, -0.2) is 0 Å². The van der Waals surface area contributed by atoms with Crippen molar-refractivity contribution in [2.45, 2.75) is 52.0 Å². The van der Waals surface area contributed by atoms with Gasteiger partial charge in [0.2, 0.25) is 0 Å². The van der Waals surface area contributed by atoms with Gasteiger partial charge >= 0.3 is 0 Å². The largest absolute Gasteiger partial charge is 0.317 e. The highest BCUT2D eigenvalue weighted by Crippen LogP contribution is 2.27. The summed E-state index contributed by atoms with van der Waals surface area (Å²) >= 11 is 0. The Labute approximate surface area is 97.5 Å². The Morgan fingerprint density at radius 3 is 2.69 bits per heavy atom. The summed E-state index contributed by atoms with van der Waals surface area (Å²) in [6, 6.07) is 0.514. The molecule has 1 aromatic rings. The Hall–Kier alpha value is -0.900. The Balaban J connectivity index is 2.25. The monoisotopic (exact) mass is 222 g/mol. The Kier molecular flexibility index (Phi) is 3.59. The van der Waals surface area contributed by atoms with Crippen LogP contribution in [0.15, 0.2) is 0 Å². The molecule has 1 aliphatic heterocycles. The molecule has 1 saturated heterocycles. The van der Waals surface area contributed by atoms with Crippen LogP contribution in [0.2, 0.25) is 0 Å². The van der Waals surface area contributed by atoms with Crippen LogP contribution in [-0.4, -0.2) is 27.9 Å². The topological polar surface area (TPSA) is 42.7 Å². The average Bonchev–Trinajstić information content (AvgIpc) is 2.71. The molecule has 0 spiro atoms. The first kappa shape index (κ1) is 11.6. The number of nitrogens with one attached hydrogen (secondary N) is 1. The fraction of sp³-hybridized carbons (Fsp3) is 0.833. The molecule has 0 aromatic carbocycles. The molecule has 0 bridgehead atoms. The first-order chi connectivity index (χ1) is 7.74. The quantitative estimate of drug-likeness (QED) is 0.851. The Bertz CT molecular complexity index is 339. The zero-order valence-corrected chi connectivity index (χ0v) is 10.5. The molecular weight excluding hydrogens is 200 g/mol. The predicted molar refractivity (Wildman–Crippen MR) is 64.6 cm³/mol. The number of aromatic nitrogens is 3. The molecule has 0 saturated carbocycles. The molecule has 2 heterocycles. The van der Waals surface area contributed by atoms with Gasteiger partial charge in [0.1, 0.15) is 11.6 Å². The number of nitrogens with zero attached hydrogens (tertiary/aromatic N) is 3. The molecule has 2 rings (SSSR count). The maximum atomic E-state index is 4.39. The number of aryl methyl sites for hydroxylation is 1. The van der Waals surface area contributed by atoms with Gasteiger partial charge in [0.15, 0.2) is 0 Å². The smallest absolute Gasteiger partial charge is 0.136 e. The minimum Gasteiger partial charge on any atom is -0.317 e. The molecule has 1 atom stereocenters. The van der Waals surface area contributed by atoms with E-state index in [0.29, 0.717) is 12.0 Å². The average molecular weight is 222 g/mol. The van der Waals surface area contributed by atoms with Crippen LogP contribution in [0.25, 0.3) is 0 Å². The second-order valence-electron chi connectivity index (χ2n) is 4.76. The Morgan fingerprint density at radius 1 is 1.38 bits per heavy atom. The molecule has 1 fully saturated rings. The van der Waals surface area contributed by atoms with E-state index in [9.17, 15) is 0 Å². The van der Waals surface area contributed by atoms with Crippen LogP contribution < -0.4 is 5.32 Å². The third kappa shape index (κ3) is 2.12. The van der Waals surface area contributed by atoms with E-state index in [0.717, 1.165) is 25.3 Å². The molecule has 4 heteroatoms. The van der Waals surface area contributed by atoms with Crippen LogP contribution >= 0.6 is 0 Å². The second kappa shape index (κ2) is 4.95. The predicted octanol–water partition coefficient (Wildman–Crippen LogP) is 2.02. The van der Waals surface area contributed by atoms with E-state index in [1.165, 1.54) is 18.7 Å². The molecule has 1 unspecified atom stereocenters. The lowest BCUT2D eigenvalue weighted by molar-refractivity contribution is 0.407. The molecule has 90 valence electrons. The van der Waals surface area contributed by atoms with Crippen molar-refractivity contribution in [1.29, 1.82) is 0 Å². The molecule has 4 nitrogen and oxygen atoms in total. The summed E-state index contributed by atoms with van der Waals surface area (Å²) in [4.78, 5) is 0. The highest BCUT2D eigenvalue weighted by molar-refractivity contribution is 5.04. The van der Waals surface area contributed by atoms with Gasteiger partial charge in [0, 0.05) is 12.0 Å². The van der Waals surface area contributed by atoms with Crippen LogP contribution in [0, 0.1) is 6.92 Å². The summed E-state index contributed by atoms with van der Waals surface area (Å²) in [7, 11) is 0. The summed E-state index contributed by atoms with van der Waals surface area (Å²) in [5, 5.41) is 12.0. The van der Waals surface area contributed by atoms with Crippen molar-refractivity contribution in [3.05, 3.63) is 11.6 Å². The van der Waals surface area contributed by atoms with E-state index in [1.807, 2.05) is 0 Å². The molecule has 0 aliphatic carbocycles. The van der Waals surface area contributed by atoms with E-state index >= 15 is 0 Å². The summed E-state index contributed by atoms with van der Waals surface area (Å²) in [6.45, 7) is 8.75. The van der Waals surface area contributed by atoms with E-state index < -0.39 is 0 Å². The maximum absolute atomic E-state index is 4.39. The lowest BCUT2D eigenvalue weighted by Gasteiger charge is -2.24. The van der Waals surface area contributed by atoms with Gasteiger partial charge in [0.25, 0.3) is 0 Å². The minimum atomic E-state index is 0.514. The first-order valence-electron chi connectivity index (χ1n) is 6.36. The van der Waals surface area contributed by atoms with E-state index in [4.69, 9.17) is 0 Å². The van der Waals surface area contributed by atoms with Crippen molar-refractivity contribution >= 4 is 0 Å². The van der Waals surface area contributed by atoms with Crippen LogP contribution in [0.3, 0.4) is 0 Å².